The zero-order valence-electron chi connectivity index (χ0n) is 12.9. The van der Waals surface area contributed by atoms with E-state index in [1.165, 1.54) is 0 Å². The predicted molar refractivity (Wildman–Crippen MR) is 86.3 cm³/mol. The zero-order chi connectivity index (χ0) is 17.1. The molecule has 2 rings (SSSR count). The van der Waals surface area contributed by atoms with Crippen molar-refractivity contribution in [3.8, 4) is 5.75 Å². The summed E-state index contributed by atoms with van der Waals surface area (Å²) in [5.41, 5.74) is 0.366. The van der Waals surface area contributed by atoms with Crippen LogP contribution in [0.5, 0.6) is 5.75 Å². The highest BCUT2D eigenvalue weighted by Crippen LogP contribution is 2.08. The van der Waals surface area contributed by atoms with Crippen LogP contribution >= 0.6 is 0 Å². The van der Waals surface area contributed by atoms with Gasteiger partial charge >= 0.3 is 11.9 Å². The molecule has 5 nitrogen and oxygen atoms in total. The van der Waals surface area contributed by atoms with Crippen molar-refractivity contribution < 1.29 is 24.5 Å². The van der Waals surface area contributed by atoms with Gasteiger partial charge in [0.25, 0.3) is 0 Å². The number of para-hydroxylation sites is 1. The summed E-state index contributed by atoms with van der Waals surface area (Å²) in [6.07, 6.45) is -0.0786. The Kier molecular flexibility index (Phi) is 7.92. The smallest absolute Gasteiger partial charge is 0.345 e. The van der Waals surface area contributed by atoms with Gasteiger partial charge in [0.05, 0.1) is 5.56 Å². The fourth-order valence-corrected chi connectivity index (χ4v) is 1.69. The Morgan fingerprint density at radius 2 is 1.52 bits per heavy atom. The third kappa shape index (κ3) is 7.13. The van der Waals surface area contributed by atoms with Gasteiger partial charge in [0, 0.05) is 0 Å². The van der Waals surface area contributed by atoms with Crippen LogP contribution in [0.2, 0.25) is 0 Å². The van der Waals surface area contributed by atoms with E-state index in [0.717, 1.165) is 0 Å². The molecule has 122 valence electrons. The van der Waals surface area contributed by atoms with E-state index in [9.17, 15) is 9.59 Å². The van der Waals surface area contributed by atoms with Gasteiger partial charge in [-0.05, 0) is 30.7 Å². The molecule has 0 fully saturated rings. The van der Waals surface area contributed by atoms with Crippen LogP contribution in [0, 0.1) is 0 Å². The summed E-state index contributed by atoms with van der Waals surface area (Å²) in [4.78, 5) is 22.3. The van der Waals surface area contributed by atoms with Gasteiger partial charge in [-0.15, -0.1) is 0 Å². The van der Waals surface area contributed by atoms with Gasteiger partial charge in [-0.3, -0.25) is 0 Å². The highest BCUT2D eigenvalue weighted by molar-refractivity contribution is 5.91. The molecule has 1 atom stereocenters. The van der Waals surface area contributed by atoms with Crippen molar-refractivity contribution in [2.24, 2.45) is 0 Å². The summed E-state index contributed by atoms with van der Waals surface area (Å²) in [5.74, 6) is -1.38. The molecule has 0 aliphatic carbocycles. The number of benzene rings is 2. The van der Waals surface area contributed by atoms with Crippen molar-refractivity contribution in [2.75, 3.05) is 0 Å². The van der Waals surface area contributed by atoms with E-state index < -0.39 is 18.0 Å². The first-order valence-electron chi connectivity index (χ1n) is 7.27. The molecule has 0 spiro atoms. The molecule has 0 bridgehead atoms. The number of hydrogen-bond acceptors (Lipinski definition) is 4. The number of carboxylic acid groups (broad SMARTS) is 1. The Morgan fingerprint density at radius 1 is 1.00 bits per heavy atom. The van der Waals surface area contributed by atoms with Gasteiger partial charge in [-0.25, -0.2) is 9.59 Å². The van der Waals surface area contributed by atoms with Crippen LogP contribution in [0.25, 0.3) is 0 Å². The van der Waals surface area contributed by atoms with Gasteiger partial charge in [-0.2, -0.15) is 0 Å². The molecule has 0 saturated carbocycles. The average molecular weight is 316 g/mol. The zero-order valence-corrected chi connectivity index (χ0v) is 12.9. The minimum atomic E-state index is -1.11. The lowest BCUT2D eigenvalue weighted by Crippen LogP contribution is -2.26. The van der Waals surface area contributed by atoms with Crippen LogP contribution in [-0.4, -0.2) is 28.3 Å². The SMILES string of the molecule is CCCC(OC(=O)c1ccccc1)C(=O)O.Oc1ccccc1. The molecule has 0 aromatic heterocycles. The van der Waals surface area contributed by atoms with Crippen molar-refractivity contribution >= 4 is 11.9 Å². The number of hydrogen-bond donors (Lipinski definition) is 2. The molecule has 0 saturated heterocycles. The molecule has 2 aromatic carbocycles. The minimum Gasteiger partial charge on any atom is -0.508 e. The van der Waals surface area contributed by atoms with Crippen LogP contribution in [0.1, 0.15) is 30.1 Å². The fourth-order valence-electron chi connectivity index (χ4n) is 1.69. The van der Waals surface area contributed by atoms with Crippen molar-refractivity contribution in [1.29, 1.82) is 0 Å². The Labute approximate surface area is 135 Å². The Balaban J connectivity index is 0.000000313. The fraction of sp³-hybridized carbons (Fsp3) is 0.222. The normalized spacial score (nSPS) is 10.8. The van der Waals surface area contributed by atoms with Gasteiger partial charge in [0.15, 0.2) is 6.10 Å². The summed E-state index contributed by atoms with van der Waals surface area (Å²) in [6.45, 7) is 1.84. The minimum absolute atomic E-state index is 0.322. The number of carbonyl (C=O) groups excluding carboxylic acids is 1. The summed E-state index contributed by atoms with van der Waals surface area (Å²) in [7, 11) is 0. The number of phenolic OH excluding ortho intramolecular Hbond substituents is 1. The highest BCUT2D eigenvalue weighted by atomic mass is 16.6. The van der Waals surface area contributed by atoms with Gasteiger partial charge < -0.3 is 14.9 Å². The lowest BCUT2D eigenvalue weighted by molar-refractivity contribution is -0.147. The maximum Gasteiger partial charge on any atom is 0.345 e. The average Bonchev–Trinajstić information content (AvgIpc) is 2.56. The predicted octanol–water partition coefficient (Wildman–Crippen LogP) is 3.49. The number of carboxylic acids is 1. The topological polar surface area (TPSA) is 83.8 Å². The number of esters is 1. The standard InChI is InChI=1S/C12H14O4.C6H6O/c1-2-6-10(11(13)14)16-12(15)9-7-4-3-5-8-9;7-6-4-2-1-3-5-6/h3-5,7-8,10H,2,6H2,1H3,(H,13,14);1-5,7H. The molecule has 0 aliphatic rings. The summed E-state index contributed by atoms with van der Waals surface area (Å²) >= 11 is 0. The van der Waals surface area contributed by atoms with Gasteiger partial charge in [0.2, 0.25) is 0 Å². The monoisotopic (exact) mass is 316 g/mol. The molecule has 0 amide bonds. The summed E-state index contributed by atoms with van der Waals surface area (Å²) < 4.78 is 4.90. The maximum atomic E-state index is 11.5. The van der Waals surface area contributed by atoms with Gasteiger partial charge in [-0.1, -0.05) is 49.7 Å². The number of phenols is 1. The summed E-state index contributed by atoms with van der Waals surface area (Å²) in [5, 5.41) is 17.5. The quantitative estimate of drug-likeness (QED) is 0.825. The molecule has 0 aliphatic heterocycles. The van der Waals surface area contributed by atoms with Gasteiger partial charge in [0.1, 0.15) is 5.75 Å². The third-order valence-electron chi connectivity index (χ3n) is 2.84. The lowest BCUT2D eigenvalue weighted by atomic mass is 10.2. The number of carbonyl (C=O) groups is 2. The van der Waals surface area contributed by atoms with Crippen LogP contribution in [0.3, 0.4) is 0 Å². The Bertz CT molecular complexity index is 595. The van der Waals surface area contributed by atoms with Crippen molar-refractivity contribution in [1.82, 2.24) is 0 Å². The van der Waals surface area contributed by atoms with E-state index in [4.69, 9.17) is 14.9 Å². The summed E-state index contributed by atoms with van der Waals surface area (Å²) in [6, 6.07) is 17.1. The molecule has 0 radical (unpaired) electrons. The van der Waals surface area contributed by atoms with Crippen LogP contribution in [0.15, 0.2) is 60.7 Å². The highest BCUT2D eigenvalue weighted by Gasteiger charge is 2.21. The second-order valence-corrected chi connectivity index (χ2v) is 4.72. The van der Waals surface area contributed by atoms with E-state index in [-0.39, 0.29) is 0 Å². The van der Waals surface area contributed by atoms with Crippen LogP contribution in [0.4, 0.5) is 0 Å². The van der Waals surface area contributed by atoms with Crippen LogP contribution < -0.4 is 0 Å². The lowest BCUT2D eigenvalue weighted by Gasteiger charge is -2.12. The molecule has 2 aromatic rings. The van der Waals surface area contributed by atoms with Crippen molar-refractivity contribution in [2.45, 2.75) is 25.9 Å². The molecular weight excluding hydrogens is 296 g/mol. The maximum absolute atomic E-state index is 11.5. The van der Waals surface area contributed by atoms with Crippen LogP contribution in [-0.2, 0) is 9.53 Å². The molecule has 0 heterocycles. The molecular formula is C18H20O5. The van der Waals surface area contributed by atoms with E-state index in [1.807, 2.05) is 13.0 Å². The van der Waals surface area contributed by atoms with E-state index in [1.54, 1.807) is 54.6 Å². The molecule has 2 N–H and O–H groups in total. The van der Waals surface area contributed by atoms with E-state index >= 15 is 0 Å². The first-order chi connectivity index (χ1) is 11.0. The van der Waals surface area contributed by atoms with Crippen molar-refractivity contribution in [3.63, 3.8) is 0 Å². The molecule has 23 heavy (non-hydrogen) atoms. The first kappa shape index (κ1) is 18.2. The number of aliphatic carboxylic acids is 1. The second kappa shape index (κ2) is 10.00. The first-order valence-corrected chi connectivity index (χ1v) is 7.27. The number of rotatable bonds is 5. The number of ether oxygens (including phenoxy) is 1. The largest absolute Gasteiger partial charge is 0.508 e. The van der Waals surface area contributed by atoms with Crippen molar-refractivity contribution in [3.05, 3.63) is 66.2 Å². The number of aromatic hydroxyl groups is 1. The molecule has 1 unspecified atom stereocenters. The van der Waals surface area contributed by atoms with E-state index in [0.29, 0.717) is 24.2 Å². The second-order valence-electron chi connectivity index (χ2n) is 4.72. The third-order valence-corrected chi connectivity index (χ3v) is 2.84. The van der Waals surface area contributed by atoms with E-state index in [2.05, 4.69) is 0 Å². The molecule has 5 heteroatoms. The Hall–Kier alpha value is -2.82. The Morgan fingerprint density at radius 3 is 1.91 bits per heavy atom.